The van der Waals surface area contributed by atoms with Gasteiger partial charge >= 0.3 is 0 Å². The van der Waals surface area contributed by atoms with Crippen LogP contribution < -0.4 is 10.5 Å². The minimum Gasteiger partial charge on any atom is -0.386 e. The molecule has 0 amide bonds. The summed E-state index contributed by atoms with van der Waals surface area (Å²) in [5, 5.41) is 7.48. The van der Waals surface area contributed by atoms with Gasteiger partial charge in [0.15, 0.2) is 0 Å². The van der Waals surface area contributed by atoms with Crippen LogP contribution in [0.5, 0.6) is 0 Å². The third-order valence-corrected chi connectivity index (χ3v) is 4.69. The summed E-state index contributed by atoms with van der Waals surface area (Å²) >= 11 is 0. The lowest BCUT2D eigenvalue weighted by Crippen LogP contribution is -2.55. The van der Waals surface area contributed by atoms with Gasteiger partial charge < -0.3 is 5.73 Å². The van der Waals surface area contributed by atoms with Crippen LogP contribution in [0.3, 0.4) is 0 Å². The molecule has 5 nitrogen and oxygen atoms in total. The van der Waals surface area contributed by atoms with Crippen LogP contribution in [0.4, 0.5) is 0 Å². The number of nitrogens with one attached hydrogen (secondary N) is 2. The van der Waals surface area contributed by atoms with Crippen molar-refractivity contribution in [2.45, 2.75) is 32.2 Å². The van der Waals surface area contributed by atoms with Crippen molar-refractivity contribution in [3.05, 3.63) is 35.9 Å². The number of sulfonamides is 1. The lowest BCUT2D eigenvalue weighted by atomic mass is 10.00. The Morgan fingerprint density at radius 1 is 1.37 bits per heavy atom. The van der Waals surface area contributed by atoms with Gasteiger partial charge in [0.05, 0.1) is 11.3 Å². The molecule has 1 rings (SSSR count). The maximum atomic E-state index is 12.0. The maximum Gasteiger partial charge on any atom is 0.212 e. The Morgan fingerprint density at radius 2 is 1.95 bits per heavy atom. The third kappa shape index (κ3) is 4.65. The predicted octanol–water partition coefficient (Wildman–Crippen LogP) is 1.25. The standard InChI is InChI=1S/C13H21N3O2S/c1-3-13(2,12(14)15)16-19(17,18)10-9-11-7-5-4-6-8-11/h4-8,16H,3,9-10H2,1-2H3,(H3,14,15). The predicted molar refractivity (Wildman–Crippen MR) is 77.7 cm³/mol. The van der Waals surface area contributed by atoms with Crippen molar-refractivity contribution < 1.29 is 8.42 Å². The van der Waals surface area contributed by atoms with Crippen molar-refractivity contribution in [3.8, 4) is 0 Å². The van der Waals surface area contributed by atoms with Crippen LogP contribution in [-0.4, -0.2) is 25.5 Å². The summed E-state index contributed by atoms with van der Waals surface area (Å²) in [5.41, 5.74) is 5.41. The van der Waals surface area contributed by atoms with E-state index in [0.29, 0.717) is 12.8 Å². The van der Waals surface area contributed by atoms with Gasteiger partial charge in [-0.05, 0) is 25.3 Å². The van der Waals surface area contributed by atoms with Gasteiger partial charge in [-0.15, -0.1) is 0 Å². The Hall–Kier alpha value is -1.40. The van der Waals surface area contributed by atoms with Gasteiger partial charge in [0.1, 0.15) is 5.84 Å². The summed E-state index contributed by atoms with van der Waals surface area (Å²) in [7, 11) is -3.47. The molecule has 0 saturated carbocycles. The summed E-state index contributed by atoms with van der Waals surface area (Å²) in [4.78, 5) is 0. The van der Waals surface area contributed by atoms with Crippen molar-refractivity contribution >= 4 is 15.9 Å². The minimum atomic E-state index is -3.47. The normalized spacial score (nSPS) is 14.8. The van der Waals surface area contributed by atoms with Crippen LogP contribution in [-0.2, 0) is 16.4 Å². The topological polar surface area (TPSA) is 96.0 Å². The van der Waals surface area contributed by atoms with Gasteiger partial charge in [0.2, 0.25) is 10.0 Å². The third-order valence-electron chi connectivity index (χ3n) is 3.18. The molecular weight excluding hydrogens is 262 g/mol. The Labute approximate surface area is 114 Å². The molecule has 0 heterocycles. The second kappa shape index (κ2) is 6.16. The fourth-order valence-electron chi connectivity index (χ4n) is 1.61. The van der Waals surface area contributed by atoms with Crippen molar-refractivity contribution in [3.63, 3.8) is 0 Å². The molecule has 0 aliphatic rings. The molecule has 0 aromatic heterocycles. The van der Waals surface area contributed by atoms with Gasteiger partial charge in [0, 0.05) is 0 Å². The monoisotopic (exact) mass is 283 g/mol. The van der Waals surface area contributed by atoms with E-state index in [-0.39, 0.29) is 11.6 Å². The molecule has 19 heavy (non-hydrogen) atoms. The quantitative estimate of drug-likeness (QED) is 0.519. The first-order valence-corrected chi connectivity index (χ1v) is 7.84. The molecule has 1 aromatic rings. The van der Waals surface area contributed by atoms with E-state index in [1.54, 1.807) is 13.8 Å². The van der Waals surface area contributed by atoms with Gasteiger partial charge in [-0.2, -0.15) is 0 Å². The van der Waals surface area contributed by atoms with E-state index in [0.717, 1.165) is 5.56 Å². The molecule has 0 bridgehead atoms. The lowest BCUT2D eigenvalue weighted by Gasteiger charge is -2.27. The molecule has 1 aromatic carbocycles. The van der Waals surface area contributed by atoms with E-state index < -0.39 is 15.6 Å². The summed E-state index contributed by atoms with van der Waals surface area (Å²) in [6, 6.07) is 9.42. The van der Waals surface area contributed by atoms with Crippen LogP contribution >= 0.6 is 0 Å². The molecule has 1 atom stereocenters. The van der Waals surface area contributed by atoms with Crippen LogP contribution in [0, 0.1) is 5.41 Å². The average molecular weight is 283 g/mol. The molecular formula is C13H21N3O2S. The maximum absolute atomic E-state index is 12.0. The first-order chi connectivity index (χ1) is 8.79. The van der Waals surface area contributed by atoms with E-state index in [9.17, 15) is 8.42 Å². The zero-order chi connectivity index (χ0) is 14.5. The molecule has 1 unspecified atom stereocenters. The number of hydrogen-bond donors (Lipinski definition) is 3. The highest BCUT2D eigenvalue weighted by molar-refractivity contribution is 7.89. The number of hydrogen-bond acceptors (Lipinski definition) is 3. The highest BCUT2D eigenvalue weighted by Gasteiger charge is 2.30. The Morgan fingerprint density at radius 3 is 2.42 bits per heavy atom. The van der Waals surface area contributed by atoms with Crippen molar-refractivity contribution in [2.24, 2.45) is 5.73 Å². The Bertz CT molecular complexity index is 528. The summed E-state index contributed by atoms with van der Waals surface area (Å²) in [6.07, 6.45) is 0.876. The van der Waals surface area contributed by atoms with Crippen LogP contribution in [0.15, 0.2) is 30.3 Å². The molecule has 4 N–H and O–H groups in total. The number of aryl methyl sites for hydroxylation is 1. The van der Waals surface area contributed by atoms with Gasteiger partial charge in [-0.3, -0.25) is 5.41 Å². The summed E-state index contributed by atoms with van der Waals surface area (Å²) in [5.74, 6) is -0.182. The number of nitrogens with two attached hydrogens (primary N) is 1. The smallest absolute Gasteiger partial charge is 0.212 e. The number of amidine groups is 1. The molecule has 0 aliphatic carbocycles. The average Bonchev–Trinajstić information content (AvgIpc) is 2.37. The first kappa shape index (κ1) is 15.7. The van der Waals surface area contributed by atoms with Gasteiger partial charge in [-0.1, -0.05) is 37.3 Å². The number of rotatable bonds is 7. The second-order valence-electron chi connectivity index (χ2n) is 4.76. The van der Waals surface area contributed by atoms with Crippen molar-refractivity contribution in [1.29, 1.82) is 5.41 Å². The van der Waals surface area contributed by atoms with E-state index in [1.807, 2.05) is 30.3 Å². The summed E-state index contributed by atoms with van der Waals surface area (Å²) < 4.78 is 26.6. The highest BCUT2D eigenvalue weighted by Crippen LogP contribution is 2.11. The first-order valence-electron chi connectivity index (χ1n) is 6.19. The van der Waals surface area contributed by atoms with Crippen LogP contribution in [0.1, 0.15) is 25.8 Å². The van der Waals surface area contributed by atoms with E-state index in [4.69, 9.17) is 11.1 Å². The van der Waals surface area contributed by atoms with E-state index in [2.05, 4.69) is 4.72 Å². The van der Waals surface area contributed by atoms with Crippen molar-refractivity contribution in [2.75, 3.05) is 5.75 Å². The molecule has 0 aliphatic heterocycles. The molecule has 0 saturated heterocycles. The van der Waals surface area contributed by atoms with Crippen LogP contribution in [0.25, 0.3) is 0 Å². The largest absolute Gasteiger partial charge is 0.386 e. The SMILES string of the molecule is CCC(C)(NS(=O)(=O)CCc1ccccc1)C(=N)N. The second-order valence-corrected chi connectivity index (χ2v) is 6.60. The molecule has 6 heteroatoms. The molecule has 0 radical (unpaired) electrons. The van der Waals surface area contributed by atoms with E-state index in [1.165, 1.54) is 0 Å². The van der Waals surface area contributed by atoms with Gasteiger partial charge in [0.25, 0.3) is 0 Å². The lowest BCUT2D eigenvalue weighted by molar-refractivity contribution is 0.505. The van der Waals surface area contributed by atoms with Crippen molar-refractivity contribution in [1.82, 2.24) is 4.72 Å². The van der Waals surface area contributed by atoms with Gasteiger partial charge in [-0.25, -0.2) is 13.1 Å². The van der Waals surface area contributed by atoms with E-state index >= 15 is 0 Å². The summed E-state index contributed by atoms with van der Waals surface area (Å²) in [6.45, 7) is 3.41. The zero-order valence-electron chi connectivity index (χ0n) is 11.3. The number of benzene rings is 1. The van der Waals surface area contributed by atoms with Crippen LogP contribution in [0.2, 0.25) is 0 Å². The minimum absolute atomic E-state index is 0.0140. The molecule has 0 spiro atoms. The molecule has 0 fully saturated rings. The fourth-order valence-corrected chi connectivity index (χ4v) is 3.16. The Kier molecular flexibility index (Phi) is 5.08. The fraction of sp³-hybridized carbons (Fsp3) is 0.462. The zero-order valence-corrected chi connectivity index (χ0v) is 12.1. The molecule has 106 valence electrons. The highest BCUT2D eigenvalue weighted by atomic mass is 32.2. The Balaban J connectivity index is 2.69.